The van der Waals surface area contributed by atoms with Crippen molar-refractivity contribution in [2.75, 3.05) is 18.6 Å². The van der Waals surface area contributed by atoms with Gasteiger partial charge in [-0.1, -0.05) is 6.07 Å². The number of carbonyl (C=O) groups is 1. The predicted molar refractivity (Wildman–Crippen MR) is 74.2 cm³/mol. The van der Waals surface area contributed by atoms with Crippen LogP contribution in [0.15, 0.2) is 18.2 Å². The largest absolute Gasteiger partial charge is 0.508 e. The number of carbonyl (C=O) groups excluding carboxylic acids is 1. The Morgan fingerprint density at radius 2 is 2.17 bits per heavy atom. The highest BCUT2D eigenvalue weighted by Crippen LogP contribution is 2.17. The van der Waals surface area contributed by atoms with Crippen molar-refractivity contribution in [3.63, 3.8) is 0 Å². The molecule has 0 aromatic heterocycles. The van der Waals surface area contributed by atoms with Gasteiger partial charge in [0.1, 0.15) is 5.75 Å². The molecule has 0 radical (unpaired) electrons. The first-order valence-electron chi connectivity index (χ1n) is 5.65. The molecule has 3 N–H and O–H groups in total. The molecule has 1 atom stereocenters. The molecule has 5 heteroatoms. The lowest BCUT2D eigenvalue weighted by atomic mass is 10.1. The third kappa shape index (κ3) is 4.23. The monoisotopic (exact) mass is 269 g/mol. The minimum absolute atomic E-state index is 0.0959. The molecular formula is C13H19NO3S. The van der Waals surface area contributed by atoms with Crippen molar-refractivity contribution in [1.29, 1.82) is 0 Å². The number of aromatic hydroxyl groups is 1. The van der Waals surface area contributed by atoms with Gasteiger partial charge in [-0.15, -0.1) is 0 Å². The van der Waals surface area contributed by atoms with Crippen molar-refractivity contribution >= 4 is 17.7 Å². The summed E-state index contributed by atoms with van der Waals surface area (Å²) in [5.41, 5.74) is 0.181. The fraction of sp³-hybridized carbons (Fsp3) is 0.462. The number of phenols is 1. The maximum atomic E-state index is 11.8. The third-order valence-corrected chi connectivity index (χ3v) is 3.47. The van der Waals surface area contributed by atoms with Crippen LogP contribution < -0.4 is 5.32 Å². The molecule has 0 aliphatic rings. The number of amides is 1. The van der Waals surface area contributed by atoms with E-state index in [-0.39, 0.29) is 18.2 Å². The van der Waals surface area contributed by atoms with Gasteiger partial charge in [0.05, 0.1) is 5.60 Å². The fourth-order valence-corrected chi connectivity index (χ4v) is 2.21. The number of aryl methyl sites for hydroxylation is 1. The number of hydrogen-bond acceptors (Lipinski definition) is 4. The SMILES string of the molecule is CSCC(C)(O)CNC(=O)c1ccc(C)c(O)c1. The molecule has 18 heavy (non-hydrogen) atoms. The summed E-state index contributed by atoms with van der Waals surface area (Å²) in [6.07, 6.45) is 1.90. The molecule has 1 aromatic rings. The van der Waals surface area contributed by atoms with E-state index in [9.17, 15) is 15.0 Å². The average Bonchev–Trinajstić information content (AvgIpc) is 2.30. The van der Waals surface area contributed by atoms with Gasteiger partial charge in [-0.25, -0.2) is 0 Å². The van der Waals surface area contributed by atoms with Gasteiger partial charge in [-0.2, -0.15) is 11.8 Å². The zero-order chi connectivity index (χ0) is 13.8. The maximum absolute atomic E-state index is 11.8. The van der Waals surface area contributed by atoms with Gasteiger partial charge < -0.3 is 15.5 Å². The molecule has 0 spiro atoms. The lowest BCUT2D eigenvalue weighted by Crippen LogP contribution is -2.42. The first-order chi connectivity index (χ1) is 8.35. The molecule has 0 bridgehead atoms. The Morgan fingerprint density at radius 3 is 2.72 bits per heavy atom. The van der Waals surface area contributed by atoms with E-state index < -0.39 is 5.60 Å². The quantitative estimate of drug-likeness (QED) is 0.758. The summed E-state index contributed by atoms with van der Waals surface area (Å²) in [5.74, 6) is 0.345. The van der Waals surface area contributed by atoms with Crippen LogP contribution >= 0.6 is 11.8 Å². The van der Waals surface area contributed by atoms with Crippen molar-refractivity contribution in [2.24, 2.45) is 0 Å². The molecule has 0 saturated carbocycles. The number of rotatable bonds is 5. The second-order valence-corrected chi connectivity index (χ2v) is 5.48. The second-order valence-electron chi connectivity index (χ2n) is 4.61. The van der Waals surface area contributed by atoms with Crippen molar-refractivity contribution in [3.8, 4) is 5.75 Å². The Balaban J connectivity index is 2.63. The topological polar surface area (TPSA) is 69.6 Å². The zero-order valence-corrected chi connectivity index (χ0v) is 11.7. The Bertz CT molecular complexity index is 432. The standard InChI is InChI=1S/C13H19NO3S/c1-9-4-5-10(6-11(9)15)12(16)14-7-13(2,17)8-18-3/h4-6,15,17H,7-8H2,1-3H3,(H,14,16). The average molecular weight is 269 g/mol. The molecule has 0 fully saturated rings. The van der Waals surface area contributed by atoms with E-state index in [1.165, 1.54) is 17.8 Å². The molecule has 4 nitrogen and oxygen atoms in total. The van der Waals surface area contributed by atoms with Gasteiger partial charge in [0.2, 0.25) is 0 Å². The second kappa shape index (κ2) is 6.11. The molecule has 0 saturated heterocycles. The van der Waals surface area contributed by atoms with Crippen LogP contribution in [0.25, 0.3) is 0 Å². The van der Waals surface area contributed by atoms with E-state index >= 15 is 0 Å². The minimum Gasteiger partial charge on any atom is -0.508 e. The third-order valence-electron chi connectivity index (χ3n) is 2.56. The predicted octanol–water partition coefficient (Wildman–Crippen LogP) is 1.54. The number of benzene rings is 1. The van der Waals surface area contributed by atoms with Crippen molar-refractivity contribution in [2.45, 2.75) is 19.4 Å². The van der Waals surface area contributed by atoms with Crippen molar-refractivity contribution in [1.82, 2.24) is 5.32 Å². The molecule has 0 aliphatic heterocycles. The molecule has 100 valence electrons. The Hall–Kier alpha value is -1.20. The van der Waals surface area contributed by atoms with Gasteiger partial charge in [0, 0.05) is 17.9 Å². The van der Waals surface area contributed by atoms with Crippen molar-refractivity contribution in [3.05, 3.63) is 29.3 Å². The van der Waals surface area contributed by atoms with Crippen LogP contribution in [-0.4, -0.2) is 40.3 Å². The van der Waals surface area contributed by atoms with Crippen LogP contribution in [0.1, 0.15) is 22.8 Å². The van der Waals surface area contributed by atoms with E-state index in [2.05, 4.69) is 5.32 Å². The molecule has 1 unspecified atom stereocenters. The summed E-state index contributed by atoms with van der Waals surface area (Å²) in [5, 5.41) is 22.1. The Labute approximate surface area is 111 Å². The number of thioether (sulfide) groups is 1. The highest BCUT2D eigenvalue weighted by atomic mass is 32.2. The van der Waals surface area contributed by atoms with E-state index in [0.29, 0.717) is 11.3 Å². The Kier molecular flexibility index (Phi) is 5.04. The summed E-state index contributed by atoms with van der Waals surface area (Å²) in [4.78, 5) is 11.8. The van der Waals surface area contributed by atoms with Gasteiger partial charge >= 0.3 is 0 Å². The molecule has 1 amide bonds. The van der Waals surface area contributed by atoms with Crippen LogP contribution in [0, 0.1) is 6.92 Å². The first-order valence-corrected chi connectivity index (χ1v) is 7.04. The van der Waals surface area contributed by atoms with Crippen LogP contribution in [0.4, 0.5) is 0 Å². The highest BCUT2D eigenvalue weighted by Gasteiger charge is 2.20. The first kappa shape index (κ1) is 14.9. The summed E-state index contributed by atoms with van der Waals surface area (Å²) in [7, 11) is 0. The van der Waals surface area contributed by atoms with E-state index in [1.54, 1.807) is 26.0 Å². The van der Waals surface area contributed by atoms with Crippen molar-refractivity contribution < 1.29 is 15.0 Å². The maximum Gasteiger partial charge on any atom is 0.251 e. The Morgan fingerprint density at radius 1 is 1.50 bits per heavy atom. The van der Waals surface area contributed by atoms with Crippen LogP contribution in [-0.2, 0) is 0 Å². The number of aliphatic hydroxyl groups is 1. The molecular weight excluding hydrogens is 250 g/mol. The lowest BCUT2D eigenvalue weighted by molar-refractivity contribution is 0.0725. The summed E-state index contributed by atoms with van der Waals surface area (Å²) < 4.78 is 0. The summed E-state index contributed by atoms with van der Waals surface area (Å²) in [6, 6.07) is 4.76. The van der Waals surface area contributed by atoms with Crippen LogP contribution in [0.2, 0.25) is 0 Å². The van der Waals surface area contributed by atoms with E-state index in [4.69, 9.17) is 0 Å². The van der Waals surface area contributed by atoms with Gasteiger partial charge in [-0.3, -0.25) is 4.79 Å². The summed E-state index contributed by atoms with van der Waals surface area (Å²) >= 11 is 1.52. The molecule has 0 aliphatic carbocycles. The van der Waals surface area contributed by atoms with Crippen LogP contribution in [0.5, 0.6) is 5.75 Å². The van der Waals surface area contributed by atoms with Gasteiger partial charge in [-0.05, 0) is 37.8 Å². The zero-order valence-electron chi connectivity index (χ0n) is 10.9. The normalized spacial score (nSPS) is 14.0. The van der Waals surface area contributed by atoms with Crippen LogP contribution in [0.3, 0.4) is 0 Å². The van der Waals surface area contributed by atoms with Gasteiger partial charge in [0.25, 0.3) is 5.91 Å². The number of nitrogens with one attached hydrogen (secondary N) is 1. The minimum atomic E-state index is -0.929. The number of hydrogen-bond donors (Lipinski definition) is 3. The molecule has 1 aromatic carbocycles. The lowest BCUT2D eigenvalue weighted by Gasteiger charge is -2.22. The number of phenolic OH excluding ortho intramolecular Hbond substituents is 1. The fourth-order valence-electron chi connectivity index (χ4n) is 1.49. The van der Waals surface area contributed by atoms with E-state index in [0.717, 1.165) is 5.56 Å². The molecule has 1 rings (SSSR count). The molecule has 0 heterocycles. The summed E-state index contributed by atoms with van der Waals surface area (Å²) in [6.45, 7) is 3.62. The van der Waals surface area contributed by atoms with E-state index in [1.807, 2.05) is 6.26 Å². The smallest absolute Gasteiger partial charge is 0.251 e. The van der Waals surface area contributed by atoms with Gasteiger partial charge in [0.15, 0.2) is 0 Å². The highest BCUT2D eigenvalue weighted by molar-refractivity contribution is 7.98.